The molecular weight excluding hydrogens is 135 g/mol. The summed E-state index contributed by atoms with van der Waals surface area (Å²) >= 11 is 10.6. The quantitative estimate of drug-likeness (QED) is 0.534. The molecule has 0 heterocycles. The van der Waals surface area contributed by atoms with E-state index >= 15 is 0 Å². The van der Waals surface area contributed by atoms with Gasteiger partial charge in [0.25, 0.3) is 0 Å². The Bertz CT molecular complexity index is 40.7. The lowest BCUT2D eigenvalue weighted by Gasteiger charge is -1.96. The summed E-state index contributed by atoms with van der Waals surface area (Å²) in [5.41, 5.74) is 0. The summed E-state index contributed by atoms with van der Waals surface area (Å²) in [4.78, 5) is 0. The van der Waals surface area contributed by atoms with Gasteiger partial charge in [-0.25, -0.2) is 5.11 Å². The van der Waals surface area contributed by atoms with Gasteiger partial charge >= 0.3 is 0 Å². The van der Waals surface area contributed by atoms with Gasteiger partial charge in [0.05, 0.1) is 12.0 Å². The van der Waals surface area contributed by atoms with Crippen LogP contribution < -0.4 is 0 Å². The van der Waals surface area contributed by atoms with E-state index in [0.29, 0.717) is 12.3 Å². The molecule has 0 spiro atoms. The minimum atomic E-state index is -0.266. The number of rotatable bonds is 3. The summed E-state index contributed by atoms with van der Waals surface area (Å²) in [6.45, 7) is -0.228. The molecule has 1 atom stereocenters. The van der Waals surface area contributed by atoms with Gasteiger partial charge in [-0.3, -0.25) is 0 Å². The number of alkyl halides is 2. The zero-order valence-corrected chi connectivity index (χ0v) is 5.37. The summed E-state index contributed by atoms with van der Waals surface area (Å²) in [5, 5.41) is 9.56. The predicted octanol–water partition coefficient (Wildman–Crippen LogP) is 1.65. The van der Waals surface area contributed by atoms with Crippen LogP contribution >= 0.6 is 23.2 Å². The summed E-state index contributed by atoms with van der Waals surface area (Å²) < 4.78 is 0. The second kappa shape index (κ2) is 4.69. The first-order valence-corrected chi connectivity index (χ1v) is 3.06. The Hall–Kier alpha value is 0.540. The highest BCUT2D eigenvalue weighted by Gasteiger charge is 1.99. The standard InChI is InChI=1S/C4H7Cl2O/c5-2-1-4(6)3-7/h4H,1-3H2. The SMILES string of the molecule is [O]CC(Cl)CCCl. The fraction of sp³-hybridized carbons (Fsp3) is 1.00. The van der Waals surface area contributed by atoms with Crippen molar-refractivity contribution in [2.45, 2.75) is 11.8 Å². The normalized spacial score (nSPS) is 14.1. The summed E-state index contributed by atoms with van der Waals surface area (Å²) in [6.07, 6.45) is 0.618. The van der Waals surface area contributed by atoms with Crippen LogP contribution in [0.5, 0.6) is 0 Å². The monoisotopic (exact) mass is 141 g/mol. The van der Waals surface area contributed by atoms with Gasteiger partial charge < -0.3 is 0 Å². The zero-order valence-electron chi connectivity index (χ0n) is 3.86. The van der Waals surface area contributed by atoms with Gasteiger partial charge in [0.15, 0.2) is 0 Å². The highest BCUT2D eigenvalue weighted by molar-refractivity contribution is 6.22. The average Bonchev–Trinajstić information content (AvgIpc) is 1.68. The van der Waals surface area contributed by atoms with Crippen molar-refractivity contribution < 1.29 is 5.11 Å². The molecule has 0 aromatic carbocycles. The van der Waals surface area contributed by atoms with Crippen LogP contribution in [0.1, 0.15) is 6.42 Å². The van der Waals surface area contributed by atoms with Crippen LogP contribution in [0.4, 0.5) is 0 Å². The van der Waals surface area contributed by atoms with Crippen LogP contribution in [-0.2, 0) is 5.11 Å². The van der Waals surface area contributed by atoms with E-state index in [4.69, 9.17) is 23.2 Å². The Balaban J connectivity index is 2.83. The lowest BCUT2D eigenvalue weighted by atomic mass is 10.3. The molecule has 0 rings (SSSR count). The van der Waals surface area contributed by atoms with Gasteiger partial charge in [-0.05, 0) is 6.42 Å². The summed E-state index contributed by atoms with van der Waals surface area (Å²) in [6, 6.07) is 0. The van der Waals surface area contributed by atoms with Gasteiger partial charge in [-0.1, -0.05) is 0 Å². The van der Waals surface area contributed by atoms with E-state index < -0.39 is 0 Å². The van der Waals surface area contributed by atoms with E-state index in [-0.39, 0.29) is 12.0 Å². The van der Waals surface area contributed by atoms with Crippen molar-refractivity contribution in [1.82, 2.24) is 0 Å². The molecule has 7 heavy (non-hydrogen) atoms. The molecule has 43 valence electrons. The Morgan fingerprint density at radius 2 is 2.14 bits per heavy atom. The number of hydrogen-bond donors (Lipinski definition) is 0. The van der Waals surface area contributed by atoms with E-state index in [2.05, 4.69) is 0 Å². The molecular formula is C4H7Cl2O. The van der Waals surface area contributed by atoms with E-state index in [1.165, 1.54) is 0 Å². The van der Waals surface area contributed by atoms with Crippen molar-refractivity contribution in [3.8, 4) is 0 Å². The van der Waals surface area contributed by atoms with Gasteiger partial charge in [0.2, 0.25) is 0 Å². The minimum Gasteiger partial charge on any atom is -0.235 e. The molecule has 0 aromatic rings. The molecule has 1 radical (unpaired) electrons. The molecule has 0 aliphatic heterocycles. The lowest BCUT2D eigenvalue weighted by molar-refractivity contribution is 0.191. The Morgan fingerprint density at radius 1 is 1.57 bits per heavy atom. The van der Waals surface area contributed by atoms with Crippen LogP contribution in [0, 0.1) is 0 Å². The first-order chi connectivity index (χ1) is 3.31. The number of halogens is 2. The third-order valence-corrected chi connectivity index (χ3v) is 1.17. The highest BCUT2D eigenvalue weighted by atomic mass is 35.5. The maximum Gasteiger partial charge on any atom is 0.0986 e. The van der Waals surface area contributed by atoms with Crippen LogP contribution in [-0.4, -0.2) is 17.9 Å². The zero-order chi connectivity index (χ0) is 5.70. The predicted molar refractivity (Wildman–Crippen MR) is 30.5 cm³/mol. The fourth-order valence-corrected chi connectivity index (χ4v) is 0.686. The third-order valence-electron chi connectivity index (χ3n) is 0.603. The number of hydrogen-bond acceptors (Lipinski definition) is 0. The van der Waals surface area contributed by atoms with Crippen LogP contribution in [0.2, 0.25) is 0 Å². The molecule has 0 saturated heterocycles. The van der Waals surface area contributed by atoms with Crippen molar-refractivity contribution in [2.24, 2.45) is 0 Å². The Labute approximate surface area is 53.2 Å². The van der Waals surface area contributed by atoms with Gasteiger partial charge in [-0.15, -0.1) is 23.2 Å². The third kappa shape index (κ3) is 4.39. The molecule has 3 heteroatoms. The molecule has 0 amide bonds. The molecule has 0 bridgehead atoms. The summed E-state index contributed by atoms with van der Waals surface area (Å²) in [5.74, 6) is 0.483. The molecule has 1 nitrogen and oxygen atoms in total. The molecule has 0 N–H and O–H groups in total. The molecule has 0 fully saturated rings. The maximum absolute atomic E-state index is 9.83. The largest absolute Gasteiger partial charge is 0.235 e. The van der Waals surface area contributed by atoms with Crippen molar-refractivity contribution >= 4 is 23.2 Å². The van der Waals surface area contributed by atoms with E-state index in [9.17, 15) is 5.11 Å². The van der Waals surface area contributed by atoms with Crippen LogP contribution in [0.3, 0.4) is 0 Å². The molecule has 1 unspecified atom stereocenters. The fourth-order valence-electron chi connectivity index (χ4n) is 0.202. The van der Waals surface area contributed by atoms with Crippen LogP contribution in [0.25, 0.3) is 0 Å². The topological polar surface area (TPSA) is 19.9 Å². The van der Waals surface area contributed by atoms with E-state index in [1.807, 2.05) is 0 Å². The maximum atomic E-state index is 9.83. The van der Waals surface area contributed by atoms with Crippen molar-refractivity contribution in [3.63, 3.8) is 0 Å². The van der Waals surface area contributed by atoms with Crippen molar-refractivity contribution in [2.75, 3.05) is 12.5 Å². The van der Waals surface area contributed by atoms with Crippen molar-refractivity contribution in [1.29, 1.82) is 0 Å². The van der Waals surface area contributed by atoms with Crippen molar-refractivity contribution in [3.05, 3.63) is 0 Å². The van der Waals surface area contributed by atoms with E-state index in [1.54, 1.807) is 0 Å². The molecule has 0 saturated carbocycles. The second-order valence-electron chi connectivity index (χ2n) is 1.24. The van der Waals surface area contributed by atoms with E-state index in [0.717, 1.165) is 0 Å². The first-order valence-electron chi connectivity index (χ1n) is 2.09. The minimum absolute atomic E-state index is 0.228. The molecule has 0 aliphatic rings. The Kier molecular flexibility index (Phi) is 5.05. The molecule has 0 aromatic heterocycles. The molecule has 0 aliphatic carbocycles. The van der Waals surface area contributed by atoms with Gasteiger partial charge in [0.1, 0.15) is 0 Å². The summed E-state index contributed by atoms with van der Waals surface area (Å²) in [7, 11) is 0. The highest BCUT2D eigenvalue weighted by Crippen LogP contribution is 2.00. The van der Waals surface area contributed by atoms with Crippen LogP contribution in [0.15, 0.2) is 0 Å². The first kappa shape index (κ1) is 7.54. The van der Waals surface area contributed by atoms with Gasteiger partial charge in [-0.2, -0.15) is 0 Å². The lowest BCUT2D eigenvalue weighted by Crippen LogP contribution is -2.02. The average molecular weight is 142 g/mol. The smallest absolute Gasteiger partial charge is 0.0986 e. The van der Waals surface area contributed by atoms with Gasteiger partial charge in [0, 0.05) is 5.88 Å². The second-order valence-corrected chi connectivity index (χ2v) is 2.24. The Morgan fingerprint density at radius 3 is 2.29 bits per heavy atom.